The first kappa shape index (κ1) is 14.4. The smallest absolute Gasteiger partial charge is 0.136 e. The predicted molar refractivity (Wildman–Crippen MR) is 251 cm³/mol. The maximum atomic E-state index is 9.93. The molecule has 12 aromatic rings. The molecule has 0 radical (unpaired) electrons. The van der Waals surface area contributed by atoms with Gasteiger partial charge in [-0.15, -0.1) is 0 Å². The van der Waals surface area contributed by atoms with Crippen molar-refractivity contribution >= 4 is 75.8 Å². The second-order valence-corrected chi connectivity index (χ2v) is 13.4. The molecule has 0 saturated heterocycles. The zero-order chi connectivity index (χ0) is 67.6. The molecule has 0 N–H and O–H groups in total. The van der Waals surface area contributed by atoms with Crippen LogP contribution in [0.3, 0.4) is 0 Å². The molecule has 276 valence electrons. The van der Waals surface area contributed by atoms with Crippen LogP contribution in [-0.4, -0.2) is 0 Å². The molecule has 1 aromatic heterocycles. The molecule has 0 bridgehead atoms. The molecule has 1 heteroatoms. The van der Waals surface area contributed by atoms with Gasteiger partial charge in [-0.05, 0) is 141 Å². The van der Waals surface area contributed by atoms with E-state index in [0.29, 0.717) is 0 Å². The largest absolute Gasteiger partial charge is 0.456 e. The van der Waals surface area contributed by atoms with Crippen molar-refractivity contribution in [3.63, 3.8) is 0 Å². The Balaban J connectivity index is 1.20. The fourth-order valence-electron chi connectivity index (χ4n) is 7.46. The lowest BCUT2D eigenvalue weighted by Crippen LogP contribution is -1.99. The standard InChI is InChI=1S/C58H38O/c1-2-14-40-32-45(29-26-37(40)12-1)47-24-11-25-57-58(47)55-34-42(30-31-56(55)59-57)41-28-27-39-16-10-18-44(52(39)33-41)36-54-50-22-7-5-20-48(50)53(49-21-6-8-23-51(49)54)35-43-17-9-15-38-13-3-4-19-46(38)43/h1-34H,35-36H2/i1D,2D,3D,4D,5D,6D,7D,8D,9D,10D,11D,12D,13D,14D,15D,16D,17D,18D,19D,20D,21D,22D,23D,24D,25D,26D,27D,28D,29D,30D,31D,32D,34D. The van der Waals surface area contributed by atoms with Gasteiger partial charge in [0.05, 0.1) is 45.2 Å². The molecule has 1 heterocycles. The fourth-order valence-corrected chi connectivity index (χ4v) is 7.46. The molecule has 59 heavy (non-hydrogen) atoms. The summed E-state index contributed by atoms with van der Waals surface area (Å²) in [6.07, 6.45) is -1.73. The molecule has 0 aliphatic rings. The summed E-state index contributed by atoms with van der Waals surface area (Å²) in [5, 5.41) is -6.00. The first-order valence-corrected chi connectivity index (χ1v) is 17.9. The summed E-state index contributed by atoms with van der Waals surface area (Å²) in [4.78, 5) is 0. The van der Waals surface area contributed by atoms with Gasteiger partial charge in [-0.25, -0.2) is 0 Å². The quantitative estimate of drug-likeness (QED) is 0.153. The van der Waals surface area contributed by atoms with E-state index in [1.165, 1.54) is 0 Å². The maximum Gasteiger partial charge on any atom is 0.136 e. The summed E-state index contributed by atoms with van der Waals surface area (Å²) in [6, 6.07) is -26.8. The Morgan fingerprint density at radius 1 is 0.339 bits per heavy atom. The van der Waals surface area contributed by atoms with E-state index in [0.717, 1.165) is 6.07 Å². The van der Waals surface area contributed by atoms with Crippen LogP contribution in [0.1, 0.15) is 67.5 Å². The molecule has 0 aliphatic carbocycles. The van der Waals surface area contributed by atoms with E-state index in [-0.39, 0.29) is 10.9 Å². The molecule has 1 nitrogen and oxygen atoms in total. The predicted octanol–water partition coefficient (Wildman–Crippen LogP) is 15.9. The van der Waals surface area contributed by atoms with E-state index in [2.05, 4.69) is 0 Å². The average Bonchev–Trinajstić information content (AvgIpc) is 1.18. The lowest BCUT2D eigenvalue weighted by Gasteiger charge is -2.19. The Morgan fingerprint density at radius 2 is 0.864 bits per heavy atom. The van der Waals surface area contributed by atoms with Crippen molar-refractivity contribution in [3.8, 4) is 22.3 Å². The molecular formula is C58H38O. The minimum absolute atomic E-state index is 0.367. The van der Waals surface area contributed by atoms with Crippen molar-refractivity contribution in [1.29, 1.82) is 0 Å². The Hall–Kier alpha value is -7.48. The highest BCUT2D eigenvalue weighted by molar-refractivity contribution is 6.14. The monoisotopic (exact) mass is 783 g/mol. The van der Waals surface area contributed by atoms with Crippen molar-refractivity contribution in [2.45, 2.75) is 12.8 Å². The van der Waals surface area contributed by atoms with Gasteiger partial charge in [0.1, 0.15) is 11.2 Å². The summed E-state index contributed by atoms with van der Waals surface area (Å²) >= 11 is 0. The normalized spacial score (nSPS) is 19.7. The Bertz CT molecular complexity index is 5470. The van der Waals surface area contributed by atoms with Gasteiger partial charge in [-0.3, -0.25) is 0 Å². The van der Waals surface area contributed by atoms with E-state index >= 15 is 0 Å². The van der Waals surface area contributed by atoms with Gasteiger partial charge >= 0.3 is 0 Å². The molecule has 0 fully saturated rings. The second-order valence-electron chi connectivity index (χ2n) is 13.4. The van der Waals surface area contributed by atoms with Crippen LogP contribution in [0.15, 0.2) is 210 Å². The van der Waals surface area contributed by atoms with Crippen LogP contribution in [0.25, 0.3) is 98.1 Å². The second kappa shape index (κ2) is 13.6. The van der Waals surface area contributed by atoms with E-state index in [9.17, 15) is 17.8 Å². The van der Waals surface area contributed by atoms with Gasteiger partial charge in [0.2, 0.25) is 0 Å². The maximum absolute atomic E-state index is 9.93. The van der Waals surface area contributed by atoms with Gasteiger partial charge in [0.15, 0.2) is 0 Å². The van der Waals surface area contributed by atoms with Crippen LogP contribution < -0.4 is 0 Å². The topological polar surface area (TPSA) is 13.1 Å². The number of furan rings is 1. The summed E-state index contributed by atoms with van der Waals surface area (Å²) in [5.41, 5.74) is -5.46. The van der Waals surface area contributed by atoms with Gasteiger partial charge in [-0.2, -0.15) is 0 Å². The van der Waals surface area contributed by atoms with Crippen LogP contribution in [0.4, 0.5) is 0 Å². The van der Waals surface area contributed by atoms with Crippen molar-refractivity contribution in [2.24, 2.45) is 0 Å². The zero-order valence-corrected chi connectivity index (χ0v) is 29.9. The molecule has 0 amide bonds. The number of hydrogen-bond acceptors (Lipinski definition) is 1. The third-order valence-corrected chi connectivity index (χ3v) is 10.1. The van der Waals surface area contributed by atoms with Crippen LogP contribution >= 0.6 is 0 Å². The number of benzene rings is 11. The highest BCUT2D eigenvalue weighted by Crippen LogP contribution is 2.41. The first-order chi connectivity index (χ1) is 43.0. The molecule has 0 saturated carbocycles. The number of rotatable bonds is 6. The Morgan fingerprint density at radius 3 is 1.58 bits per heavy atom. The lowest BCUT2D eigenvalue weighted by atomic mass is 9.85. The van der Waals surface area contributed by atoms with Crippen LogP contribution in [0.2, 0.25) is 0 Å². The molecule has 0 aliphatic heterocycles. The molecule has 12 rings (SSSR count). The number of fused-ring (bicyclic) bond motifs is 8. The zero-order valence-electron chi connectivity index (χ0n) is 62.9. The summed E-state index contributed by atoms with van der Waals surface area (Å²) < 4.78 is 305. The van der Waals surface area contributed by atoms with Crippen LogP contribution in [0, 0.1) is 0 Å². The Labute approximate surface area is 388 Å². The van der Waals surface area contributed by atoms with Crippen molar-refractivity contribution in [2.75, 3.05) is 0 Å². The number of hydrogen-bond donors (Lipinski definition) is 0. The molecule has 0 atom stereocenters. The SMILES string of the molecule is [2H]c1c([2H])c([2H])c2c([2H])c([2H])c(-c3c([2H])c([2H])c4oc5c([2H])c([2H])c([2H])c(-c6c([2H])c([2H])c7c([2H])c([2H])c([2H])c([2H])c7c6[2H])c5c4c3[2H])cc2c1Cc1c2c([2H])c([2H])c([2H])c([2H])c2c(Cc2c([2H])c([2H])c([2H])c3c([2H])c([2H])c([2H])c([2H])c23)c2c([2H])c([2H])c([2H])c([2H])c12. The van der Waals surface area contributed by atoms with Gasteiger partial charge in [-0.1, -0.05) is 175 Å². The third kappa shape index (κ3) is 5.62. The lowest BCUT2D eigenvalue weighted by molar-refractivity contribution is 0.669. The van der Waals surface area contributed by atoms with E-state index in [1.54, 1.807) is 0 Å². The van der Waals surface area contributed by atoms with E-state index in [1.807, 2.05) is 0 Å². The summed E-state index contributed by atoms with van der Waals surface area (Å²) in [7, 11) is 0. The first-order valence-electron chi connectivity index (χ1n) is 34.4. The van der Waals surface area contributed by atoms with Crippen molar-refractivity contribution < 1.29 is 49.7 Å². The van der Waals surface area contributed by atoms with Crippen molar-refractivity contribution in [1.82, 2.24) is 0 Å². The van der Waals surface area contributed by atoms with Crippen molar-refractivity contribution in [3.05, 3.63) is 228 Å². The minimum atomic E-state index is -0.908. The van der Waals surface area contributed by atoms with E-state index in [4.69, 9.17) is 31.8 Å². The molecule has 11 aromatic carbocycles. The van der Waals surface area contributed by atoms with Crippen LogP contribution in [0.5, 0.6) is 0 Å². The molecular weight excluding hydrogens is 713 g/mol. The van der Waals surface area contributed by atoms with Gasteiger partial charge in [0, 0.05) is 10.8 Å². The highest BCUT2D eigenvalue weighted by Gasteiger charge is 2.18. The van der Waals surface area contributed by atoms with Crippen LogP contribution in [-0.2, 0) is 12.8 Å². The fraction of sp³-hybridized carbons (Fsp3) is 0.0345. The van der Waals surface area contributed by atoms with Gasteiger partial charge in [0.25, 0.3) is 0 Å². The average molecular weight is 784 g/mol. The Kier molecular flexibility index (Phi) is 3.32. The van der Waals surface area contributed by atoms with E-state index < -0.39 is 322 Å². The highest BCUT2D eigenvalue weighted by atomic mass is 16.3. The molecule has 0 spiro atoms. The summed E-state index contributed by atoms with van der Waals surface area (Å²) in [5.74, 6) is 0. The minimum Gasteiger partial charge on any atom is -0.456 e. The van der Waals surface area contributed by atoms with Gasteiger partial charge < -0.3 is 4.42 Å². The summed E-state index contributed by atoms with van der Waals surface area (Å²) in [6.45, 7) is 0. The third-order valence-electron chi connectivity index (χ3n) is 10.1. The molecule has 0 unspecified atom stereocenters.